The smallest absolute Gasteiger partial charge is 0.246 e. The Bertz CT molecular complexity index is 872. The Morgan fingerprint density at radius 3 is 2.48 bits per heavy atom. The molecule has 0 spiro atoms. The lowest BCUT2D eigenvalue weighted by atomic mass is 9.97. The molecule has 0 radical (unpaired) electrons. The first-order chi connectivity index (χ1) is 14.8. The van der Waals surface area contributed by atoms with Gasteiger partial charge in [0, 0.05) is 56.4 Å². The third kappa shape index (κ3) is 4.53. The molecular weight excluding hydrogens is 416 g/mol. The molecule has 3 aliphatic rings. The quantitative estimate of drug-likeness (QED) is 0.651. The predicted molar refractivity (Wildman–Crippen MR) is 122 cm³/mol. The molecular formula is C23H31ClN4O3. The molecule has 1 saturated carbocycles. The second-order valence-corrected chi connectivity index (χ2v) is 9.37. The number of nitrogens with one attached hydrogen (secondary N) is 1. The highest BCUT2D eigenvalue weighted by Gasteiger charge is 2.41. The van der Waals surface area contributed by atoms with Crippen molar-refractivity contribution in [1.82, 2.24) is 14.7 Å². The van der Waals surface area contributed by atoms with E-state index in [9.17, 15) is 9.59 Å². The van der Waals surface area contributed by atoms with Gasteiger partial charge in [-0.15, -0.1) is 0 Å². The van der Waals surface area contributed by atoms with E-state index >= 15 is 0 Å². The largest absolute Gasteiger partial charge is 0.495 e. The first-order valence-electron chi connectivity index (χ1n) is 10.9. The van der Waals surface area contributed by atoms with Crippen LogP contribution < -0.4 is 10.1 Å². The Hall–Kier alpha value is -2.25. The Kier molecular flexibility index (Phi) is 6.17. The molecule has 1 aromatic carbocycles. The van der Waals surface area contributed by atoms with Crippen LogP contribution in [0.4, 0.5) is 5.69 Å². The van der Waals surface area contributed by atoms with Crippen LogP contribution in [0.1, 0.15) is 25.3 Å². The standard InChI is InChI=1S/C23H31ClN4O3/c1-4-21(29)28-14-16(15-28)26-7-9-27(10-8-26)22(30)13-25-19-11-17(23(2)5-6-23)18(24)12-20(19)31-3/h4,11-12,16,25H,1,5-10,13-15H2,2-3H3. The van der Waals surface area contributed by atoms with Gasteiger partial charge in [-0.25, -0.2) is 0 Å². The molecule has 2 aliphatic heterocycles. The second kappa shape index (κ2) is 8.71. The predicted octanol–water partition coefficient (Wildman–Crippen LogP) is 2.35. The number of anilines is 1. The number of rotatable bonds is 7. The summed E-state index contributed by atoms with van der Waals surface area (Å²) in [5.74, 6) is 0.722. The van der Waals surface area contributed by atoms with Gasteiger partial charge in [0.05, 0.1) is 19.3 Å². The first kappa shape index (κ1) is 22.0. The van der Waals surface area contributed by atoms with Crippen molar-refractivity contribution < 1.29 is 14.3 Å². The van der Waals surface area contributed by atoms with Gasteiger partial charge >= 0.3 is 0 Å². The summed E-state index contributed by atoms with van der Waals surface area (Å²) >= 11 is 6.47. The molecule has 2 heterocycles. The summed E-state index contributed by atoms with van der Waals surface area (Å²) in [5, 5.41) is 3.98. The van der Waals surface area contributed by atoms with Gasteiger partial charge in [0.2, 0.25) is 11.8 Å². The second-order valence-electron chi connectivity index (χ2n) is 8.96. The number of halogens is 1. The Morgan fingerprint density at radius 2 is 1.90 bits per heavy atom. The van der Waals surface area contributed by atoms with Crippen molar-refractivity contribution in [2.24, 2.45) is 0 Å². The minimum Gasteiger partial charge on any atom is -0.495 e. The van der Waals surface area contributed by atoms with E-state index < -0.39 is 0 Å². The van der Waals surface area contributed by atoms with Crippen LogP contribution in [0, 0.1) is 0 Å². The third-order valence-corrected chi connectivity index (χ3v) is 7.21. The number of benzene rings is 1. The number of ether oxygens (including phenoxy) is 1. The fraction of sp³-hybridized carbons (Fsp3) is 0.565. The van der Waals surface area contributed by atoms with Gasteiger partial charge in [-0.1, -0.05) is 25.1 Å². The zero-order chi connectivity index (χ0) is 22.2. The van der Waals surface area contributed by atoms with Crippen LogP contribution in [0.2, 0.25) is 5.02 Å². The normalized spacial score (nSPS) is 20.7. The number of methoxy groups -OCH3 is 1. The van der Waals surface area contributed by atoms with Crippen molar-refractivity contribution >= 4 is 29.1 Å². The summed E-state index contributed by atoms with van der Waals surface area (Å²) < 4.78 is 5.47. The van der Waals surface area contributed by atoms with Crippen molar-refractivity contribution in [3.63, 3.8) is 0 Å². The maximum absolute atomic E-state index is 12.8. The van der Waals surface area contributed by atoms with Crippen LogP contribution in [0.3, 0.4) is 0 Å². The number of carbonyl (C=O) groups is 2. The molecule has 0 atom stereocenters. The van der Waals surface area contributed by atoms with E-state index in [-0.39, 0.29) is 23.8 Å². The van der Waals surface area contributed by atoms with Crippen LogP contribution in [-0.4, -0.2) is 85.5 Å². The Labute approximate surface area is 188 Å². The molecule has 7 nitrogen and oxygen atoms in total. The maximum Gasteiger partial charge on any atom is 0.246 e. The number of hydrogen-bond donors (Lipinski definition) is 1. The number of carbonyl (C=O) groups excluding carboxylic acids is 2. The van der Waals surface area contributed by atoms with Gasteiger partial charge < -0.3 is 19.9 Å². The fourth-order valence-corrected chi connectivity index (χ4v) is 4.78. The highest BCUT2D eigenvalue weighted by atomic mass is 35.5. The summed E-state index contributed by atoms with van der Waals surface area (Å²) in [4.78, 5) is 30.5. The molecule has 4 rings (SSSR count). The van der Waals surface area contributed by atoms with Gasteiger partial charge in [-0.05, 0) is 36.0 Å². The molecule has 0 unspecified atom stereocenters. The van der Waals surface area contributed by atoms with Crippen LogP contribution in [0.25, 0.3) is 0 Å². The zero-order valence-electron chi connectivity index (χ0n) is 18.3. The van der Waals surface area contributed by atoms with E-state index in [1.807, 2.05) is 17.0 Å². The Morgan fingerprint density at radius 1 is 1.23 bits per heavy atom. The van der Waals surface area contributed by atoms with Crippen molar-refractivity contribution in [3.05, 3.63) is 35.4 Å². The maximum atomic E-state index is 12.8. The molecule has 31 heavy (non-hydrogen) atoms. The number of hydrogen-bond acceptors (Lipinski definition) is 5. The van der Waals surface area contributed by atoms with Crippen molar-refractivity contribution in [2.45, 2.75) is 31.2 Å². The van der Waals surface area contributed by atoms with Crippen molar-refractivity contribution in [3.8, 4) is 5.75 Å². The van der Waals surface area contributed by atoms with E-state index in [0.717, 1.165) is 50.3 Å². The first-order valence-corrected chi connectivity index (χ1v) is 11.3. The van der Waals surface area contributed by atoms with Gasteiger partial charge in [-0.2, -0.15) is 0 Å². The number of amides is 2. The van der Waals surface area contributed by atoms with Crippen LogP contribution in [0.15, 0.2) is 24.8 Å². The molecule has 3 fully saturated rings. The molecule has 1 N–H and O–H groups in total. The van der Waals surface area contributed by atoms with Crippen LogP contribution >= 0.6 is 11.6 Å². The lowest BCUT2D eigenvalue weighted by Crippen LogP contribution is -2.64. The highest BCUT2D eigenvalue weighted by Crippen LogP contribution is 2.51. The van der Waals surface area contributed by atoms with Gasteiger partial charge in [0.1, 0.15) is 5.75 Å². The topological polar surface area (TPSA) is 65.1 Å². The summed E-state index contributed by atoms with van der Waals surface area (Å²) in [7, 11) is 1.61. The number of nitrogens with zero attached hydrogens (tertiary/aromatic N) is 3. The van der Waals surface area contributed by atoms with Crippen LogP contribution in [-0.2, 0) is 15.0 Å². The molecule has 168 valence electrons. The van der Waals surface area contributed by atoms with E-state index in [0.29, 0.717) is 29.9 Å². The minimum atomic E-state index is -0.00685. The SMILES string of the molecule is C=CC(=O)N1CC(N2CCN(C(=O)CNc3cc(C4(C)CC4)c(Cl)cc3OC)CC2)C1. The lowest BCUT2D eigenvalue weighted by Gasteiger charge is -2.47. The lowest BCUT2D eigenvalue weighted by molar-refractivity contribution is -0.135. The molecule has 0 aromatic heterocycles. The summed E-state index contributed by atoms with van der Waals surface area (Å²) in [6.45, 7) is 10.5. The summed E-state index contributed by atoms with van der Waals surface area (Å²) in [6, 6.07) is 4.26. The van der Waals surface area contributed by atoms with E-state index in [1.54, 1.807) is 12.0 Å². The third-order valence-electron chi connectivity index (χ3n) is 6.90. The molecule has 8 heteroatoms. The number of likely N-dealkylation sites (tertiary alicyclic amines) is 1. The molecule has 1 aliphatic carbocycles. The highest BCUT2D eigenvalue weighted by molar-refractivity contribution is 6.31. The Balaban J connectivity index is 1.28. The van der Waals surface area contributed by atoms with E-state index in [1.165, 1.54) is 6.08 Å². The van der Waals surface area contributed by atoms with Crippen molar-refractivity contribution in [2.75, 3.05) is 58.2 Å². The molecule has 2 amide bonds. The van der Waals surface area contributed by atoms with Gasteiger partial charge in [-0.3, -0.25) is 14.5 Å². The fourth-order valence-electron chi connectivity index (χ4n) is 4.40. The average Bonchev–Trinajstić information content (AvgIpc) is 3.49. The van der Waals surface area contributed by atoms with Crippen molar-refractivity contribution in [1.29, 1.82) is 0 Å². The number of piperazine rings is 1. The van der Waals surface area contributed by atoms with Gasteiger partial charge in [0.25, 0.3) is 0 Å². The van der Waals surface area contributed by atoms with Crippen LogP contribution in [0.5, 0.6) is 5.75 Å². The summed E-state index contributed by atoms with van der Waals surface area (Å²) in [5.41, 5.74) is 2.06. The average molecular weight is 447 g/mol. The summed E-state index contributed by atoms with van der Waals surface area (Å²) in [6.07, 6.45) is 3.62. The van der Waals surface area contributed by atoms with E-state index in [2.05, 4.69) is 23.7 Å². The molecule has 2 saturated heterocycles. The molecule has 1 aromatic rings. The minimum absolute atomic E-state index is 0.00685. The molecule has 0 bridgehead atoms. The zero-order valence-corrected chi connectivity index (χ0v) is 19.1. The van der Waals surface area contributed by atoms with Gasteiger partial charge in [0.15, 0.2) is 0 Å². The monoisotopic (exact) mass is 446 g/mol. The van der Waals surface area contributed by atoms with E-state index in [4.69, 9.17) is 16.3 Å².